The summed E-state index contributed by atoms with van der Waals surface area (Å²) >= 11 is 8.96. The monoisotopic (exact) mass is 344 g/mol. The van der Waals surface area contributed by atoms with Crippen LogP contribution in [0.1, 0.15) is 28.6 Å². The Balaban J connectivity index is 2.53. The van der Waals surface area contributed by atoms with Crippen LogP contribution in [0.4, 0.5) is 4.39 Å². The summed E-state index contributed by atoms with van der Waals surface area (Å²) in [5.74, 6) is -0.641. The van der Waals surface area contributed by atoms with Crippen LogP contribution in [-0.2, 0) is 0 Å². The number of aryl methyl sites for hydroxylation is 2. The Kier molecular flexibility index (Phi) is 4.18. The van der Waals surface area contributed by atoms with Crippen LogP contribution >= 0.6 is 27.5 Å². The molecule has 0 aliphatic carbocycles. The number of aromatic nitrogens is 2. The zero-order valence-electron chi connectivity index (χ0n) is 10.3. The molecule has 0 amide bonds. The predicted octanol–water partition coefficient (Wildman–Crippen LogP) is 3.73. The lowest BCUT2D eigenvalue weighted by atomic mass is 10.00. The van der Waals surface area contributed by atoms with E-state index in [1.54, 1.807) is 26.0 Å². The van der Waals surface area contributed by atoms with E-state index >= 15 is 0 Å². The van der Waals surface area contributed by atoms with Gasteiger partial charge in [-0.2, -0.15) is 10.2 Å². The third kappa shape index (κ3) is 2.78. The van der Waals surface area contributed by atoms with Crippen molar-refractivity contribution in [1.29, 1.82) is 0 Å². The van der Waals surface area contributed by atoms with E-state index in [0.717, 1.165) is 0 Å². The van der Waals surface area contributed by atoms with E-state index in [9.17, 15) is 9.50 Å². The summed E-state index contributed by atoms with van der Waals surface area (Å²) < 4.78 is 14.5. The molecular weight excluding hydrogens is 335 g/mol. The molecule has 3 nitrogen and oxygen atoms in total. The maximum Gasteiger partial charge on any atom is 0.149 e. The van der Waals surface area contributed by atoms with Crippen LogP contribution < -0.4 is 0 Å². The van der Waals surface area contributed by atoms with E-state index < -0.39 is 11.9 Å². The Bertz CT molecular complexity index is 636. The second-order valence-corrected chi connectivity index (χ2v) is 5.43. The van der Waals surface area contributed by atoms with Gasteiger partial charge in [0, 0.05) is 15.6 Å². The molecule has 1 unspecified atom stereocenters. The van der Waals surface area contributed by atoms with Crippen molar-refractivity contribution in [3.05, 3.63) is 56.0 Å². The van der Waals surface area contributed by atoms with Gasteiger partial charge in [0.1, 0.15) is 11.9 Å². The van der Waals surface area contributed by atoms with Crippen molar-refractivity contribution >= 4 is 27.5 Å². The molecule has 1 aromatic heterocycles. The van der Waals surface area contributed by atoms with Crippen LogP contribution in [0.25, 0.3) is 0 Å². The number of aliphatic hydroxyl groups excluding tert-OH is 1. The van der Waals surface area contributed by atoms with Gasteiger partial charge in [-0.15, -0.1) is 0 Å². The van der Waals surface area contributed by atoms with Crippen LogP contribution in [0.2, 0.25) is 5.02 Å². The van der Waals surface area contributed by atoms with Gasteiger partial charge in [0.15, 0.2) is 0 Å². The van der Waals surface area contributed by atoms with E-state index in [4.69, 9.17) is 11.6 Å². The molecule has 0 aliphatic heterocycles. The molecule has 100 valence electrons. The number of rotatable bonds is 2. The first-order chi connectivity index (χ1) is 8.91. The number of hydrogen-bond acceptors (Lipinski definition) is 3. The van der Waals surface area contributed by atoms with Crippen molar-refractivity contribution in [2.24, 2.45) is 0 Å². The minimum Gasteiger partial charge on any atom is -0.383 e. The molecule has 1 atom stereocenters. The molecule has 1 aromatic carbocycles. The lowest BCUT2D eigenvalue weighted by Crippen LogP contribution is -2.08. The summed E-state index contributed by atoms with van der Waals surface area (Å²) in [4.78, 5) is 0. The summed E-state index contributed by atoms with van der Waals surface area (Å²) in [7, 11) is 0. The van der Waals surface area contributed by atoms with Gasteiger partial charge in [-0.1, -0.05) is 17.7 Å². The maximum absolute atomic E-state index is 14.1. The average molecular weight is 346 g/mol. The second-order valence-electron chi connectivity index (χ2n) is 4.19. The normalized spacial score (nSPS) is 12.5. The highest BCUT2D eigenvalue weighted by Gasteiger charge is 2.21. The molecule has 0 spiro atoms. The van der Waals surface area contributed by atoms with Gasteiger partial charge in [0.05, 0.1) is 16.4 Å². The standard InChI is InChI=1S/C13H11BrClFN2O/c1-6-5-9(7(2)18-17-6)13(19)8-3-4-10(14)11(15)12(8)16/h3-5,13,19H,1-2H3. The molecule has 1 N–H and O–H groups in total. The molecule has 0 aliphatic rings. The van der Waals surface area contributed by atoms with Crippen LogP contribution in [0.15, 0.2) is 22.7 Å². The number of benzene rings is 1. The molecule has 0 fully saturated rings. The molecule has 19 heavy (non-hydrogen) atoms. The van der Waals surface area contributed by atoms with Gasteiger partial charge in [0.25, 0.3) is 0 Å². The summed E-state index contributed by atoms with van der Waals surface area (Å²) in [6.45, 7) is 3.47. The Labute approximate surface area is 123 Å². The fourth-order valence-corrected chi connectivity index (χ4v) is 2.24. The molecule has 0 saturated carbocycles. The summed E-state index contributed by atoms with van der Waals surface area (Å²) in [5.41, 5.74) is 1.84. The molecule has 0 radical (unpaired) electrons. The van der Waals surface area contributed by atoms with Gasteiger partial charge >= 0.3 is 0 Å². The van der Waals surface area contributed by atoms with Gasteiger partial charge in [-0.05, 0) is 41.9 Å². The molecule has 2 aromatic rings. The average Bonchev–Trinajstić information content (AvgIpc) is 2.38. The Morgan fingerprint density at radius 1 is 1.26 bits per heavy atom. The third-order valence-corrected chi connectivity index (χ3v) is 4.05. The Morgan fingerprint density at radius 2 is 1.95 bits per heavy atom. The highest BCUT2D eigenvalue weighted by molar-refractivity contribution is 9.10. The highest BCUT2D eigenvalue weighted by Crippen LogP contribution is 2.33. The van der Waals surface area contributed by atoms with Crippen LogP contribution in [0.5, 0.6) is 0 Å². The van der Waals surface area contributed by atoms with Crippen molar-refractivity contribution in [3.8, 4) is 0 Å². The SMILES string of the molecule is Cc1cc(C(O)c2ccc(Br)c(Cl)c2F)c(C)nn1. The summed E-state index contributed by atoms with van der Waals surface area (Å²) in [6.07, 6.45) is -1.13. The minimum absolute atomic E-state index is 0.0482. The first kappa shape index (κ1) is 14.4. The fourth-order valence-electron chi connectivity index (χ4n) is 1.77. The lowest BCUT2D eigenvalue weighted by Gasteiger charge is -2.15. The molecule has 6 heteroatoms. The number of aliphatic hydroxyl groups is 1. The van der Waals surface area contributed by atoms with Crippen molar-refractivity contribution in [2.45, 2.75) is 20.0 Å². The predicted molar refractivity (Wildman–Crippen MR) is 74.7 cm³/mol. The van der Waals surface area contributed by atoms with E-state index in [-0.39, 0.29) is 10.6 Å². The largest absolute Gasteiger partial charge is 0.383 e. The summed E-state index contributed by atoms with van der Waals surface area (Å²) in [5, 5.41) is 18.1. The molecule has 0 bridgehead atoms. The second kappa shape index (κ2) is 5.53. The van der Waals surface area contributed by atoms with E-state index in [0.29, 0.717) is 21.4 Å². The zero-order valence-corrected chi connectivity index (χ0v) is 12.6. The van der Waals surface area contributed by atoms with Crippen LogP contribution in [-0.4, -0.2) is 15.3 Å². The lowest BCUT2D eigenvalue weighted by molar-refractivity contribution is 0.213. The van der Waals surface area contributed by atoms with Gasteiger partial charge in [0.2, 0.25) is 0 Å². The van der Waals surface area contributed by atoms with Crippen molar-refractivity contribution in [2.75, 3.05) is 0 Å². The van der Waals surface area contributed by atoms with E-state index in [2.05, 4.69) is 26.1 Å². The van der Waals surface area contributed by atoms with Crippen molar-refractivity contribution < 1.29 is 9.50 Å². The quantitative estimate of drug-likeness (QED) is 0.844. The highest BCUT2D eigenvalue weighted by atomic mass is 79.9. The van der Waals surface area contributed by atoms with Gasteiger partial charge < -0.3 is 5.11 Å². The Morgan fingerprint density at radius 3 is 2.63 bits per heavy atom. The number of halogens is 3. The number of nitrogens with zero attached hydrogens (tertiary/aromatic N) is 2. The van der Waals surface area contributed by atoms with E-state index in [1.807, 2.05) is 0 Å². The maximum atomic E-state index is 14.1. The molecule has 1 heterocycles. The molecular formula is C13H11BrClFN2O. The fraction of sp³-hybridized carbons (Fsp3) is 0.231. The third-order valence-electron chi connectivity index (χ3n) is 2.79. The van der Waals surface area contributed by atoms with Crippen molar-refractivity contribution in [3.63, 3.8) is 0 Å². The molecule has 2 rings (SSSR count). The van der Waals surface area contributed by atoms with Crippen molar-refractivity contribution in [1.82, 2.24) is 10.2 Å². The Hall–Kier alpha value is -1.04. The zero-order chi connectivity index (χ0) is 14.2. The first-order valence-electron chi connectivity index (χ1n) is 5.54. The van der Waals surface area contributed by atoms with Crippen LogP contribution in [0.3, 0.4) is 0 Å². The van der Waals surface area contributed by atoms with Crippen LogP contribution in [0, 0.1) is 19.7 Å². The number of hydrogen-bond donors (Lipinski definition) is 1. The molecule has 0 saturated heterocycles. The van der Waals surface area contributed by atoms with Gasteiger partial charge in [-0.3, -0.25) is 0 Å². The first-order valence-corrected chi connectivity index (χ1v) is 6.71. The van der Waals surface area contributed by atoms with E-state index in [1.165, 1.54) is 6.07 Å². The smallest absolute Gasteiger partial charge is 0.149 e. The van der Waals surface area contributed by atoms with Gasteiger partial charge in [-0.25, -0.2) is 4.39 Å². The minimum atomic E-state index is -1.13. The topological polar surface area (TPSA) is 46.0 Å². The summed E-state index contributed by atoms with van der Waals surface area (Å²) in [6, 6.07) is 4.77.